The molecule has 0 atom stereocenters. The molecule has 134 valence electrons. The Morgan fingerprint density at radius 1 is 1.20 bits per heavy atom. The Bertz CT molecular complexity index is 823. The molecule has 10 heteroatoms. The molecular formula is C15H17N3O6S. The SMILES string of the molecule is COCCOc1ccc(NS(=O)(=O)Cc2ccccc2[N+](=O)[O-])cn1. The summed E-state index contributed by atoms with van der Waals surface area (Å²) in [7, 11) is -2.29. The average Bonchev–Trinajstić information content (AvgIpc) is 2.56. The van der Waals surface area contributed by atoms with Crippen LogP contribution >= 0.6 is 0 Å². The van der Waals surface area contributed by atoms with Crippen molar-refractivity contribution in [3.63, 3.8) is 0 Å². The van der Waals surface area contributed by atoms with E-state index in [4.69, 9.17) is 9.47 Å². The Balaban J connectivity index is 2.05. The van der Waals surface area contributed by atoms with Crippen molar-refractivity contribution in [3.8, 4) is 5.88 Å². The number of aromatic nitrogens is 1. The van der Waals surface area contributed by atoms with Crippen molar-refractivity contribution in [2.45, 2.75) is 5.75 Å². The number of benzene rings is 1. The van der Waals surface area contributed by atoms with Crippen LogP contribution in [0.3, 0.4) is 0 Å². The van der Waals surface area contributed by atoms with E-state index in [1.807, 2.05) is 0 Å². The summed E-state index contributed by atoms with van der Waals surface area (Å²) in [5.74, 6) is -0.185. The van der Waals surface area contributed by atoms with Gasteiger partial charge >= 0.3 is 0 Å². The van der Waals surface area contributed by atoms with Crippen molar-refractivity contribution in [1.82, 2.24) is 4.98 Å². The summed E-state index contributed by atoms with van der Waals surface area (Å²) < 4.78 is 36.9. The van der Waals surface area contributed by atoms with E-state index in [0.717, 1.165) is 0 Å². The van der Waals surface area contributed by atoms with Crippen LogP contribution in [0.15, 0.2) is 42.6 Å². The lowest BCUT2D eigenvalue weighted by Crippen LogP contribution is -2.16. The zero-order valence-electron chi connectivity index (χ0n) is 13.4. The molecule has 2 rings (SSSR count). The monoisotopic (exact) mass is 367 g/mol. The van der Waals surface area contributed by atoms with Gasteiger partial charge in [-0.25, -0.2) is 13.4 Å². The maximum Gasteiger partial charge on any atom is 0.273 e. The number of nitrogens with zero attached hydrogens (tertiary/aromatic N) is 2. The molecule has 0 unspecified atom stereocenters. The predicted octanol–water partition coefficient (Wildman–Crippen LogP) is 1.96. The van der Waals surface area contributed by atoms with Crippen LogP contribution < -0.4 is 9.46 Å². The van der Waals surface area contributed by atoms with Crippen molar-refractivity contribution < 1.29 is 22.8 Å². The van der Waals surface area contributed by atoms with Crippen LogP contribution in [-0.4, -0.2) is 38.6 Å². The van der Waals surface area contributed by atoms with Gasteiger partial charge in [0, 0.05) is 24.8 Å². The lowest BCUT2D eigenvalue weighted by atomic mass is 10.2. The molecule has 0 radical (unpaired) electrons. The number of pyridine rings is 1. The molecule has 0 saturated heterocycles. The summed E-state index contributed by atoms with van der Waals surface area (Å²) >= 11 is 0. The van der Waals surface area contributed by atoms with Gasteiger partial charge in [0.25, 0.3) is 5.69 Å². The molecule has 0 bridgehead atoms. The second kappa shape index (κ2) is 8.40. The summed E-state index contributed by atoms with van der Waals surface area (Å²) in [4.78, 5) is 14.3. The summed E-state index contributed by atoms with van der Waals surface area (Å²) in [5.41, 5.74) is 0.0954. The number of anilines is 1. The van der Waals surface area contributed by atoms with E-state index in [0.29, 0.717) is 19.1 Å². The highest BCUT2D eigenvalue weighted by Gasteiger charge is 2.19. The quantitative estimate of drug-likeness (QED) is 0.408. The van der Waals surface area contributed by atoms with Gasteiger partial charge in [-0.3, -0.25) is 14.8 Å². The minimum atomic E-state index is -3.83. The normalized spacial score (nSPS) is 11.1. The van der Waals surface area contributed by atoms with Crippen LogP contribution in [-0.2, 0) is 20.5 Å². The number of rotatable bonds is 9. The molecule has 0 aliphatic carbocycles. The Morgan fingerprint density at radius 3 is 2.60 bits per heavy atom. The van der Waals surface area contributed by atoms with Crippen LogP contribution in [0.1, 0.15) is 5.56 Å². The lowest BCUT2D eigenvalue weighted by Gasteiger charge is -2.09. The van der Waals surface area contributed by atoms with Gasteiger partial charge in [0.05, 0.1) is 23.4 Å². The molecule has 0 saturated carbocycles. The van der Waals surface area contributed by atoms with Gasteiger partial charge in [-0.2, -0.15) is 0 Å². The Kier molecular flexibility index (Phi) is 6.25. The van der Waals surface area contributed by atoms with Crippen molar-refractivity contribution in [1.29, 1.82) is 0 Å². The van der Waals surface area contributed by atoms with E-state index in [1.165, 1.54) is 36.5 Å². The number of sulfonamides is 1. The van der Waals surface area contributed by atoms with Gasteiger partial charge < -0.3 is 9.47 Å². The number of nitro benzene ring substituents is 1. The molecule has 2 aromatic rings. The van der Waals surface area contributed by atoms with Crippen LogP contribution in [0.2, 0.25) is 0 Å². The number of nitrogens with one attached hydrogen (secondary N) is 1. The maximum atomic E-state index is 12.2. The molecule has 0 spiro atoms. The van der Waals surface area contributed by atoms with E-state index in [9.17, 15) is 18.5 Å². The molecule has 1 aromatic carbocycles. The molecule has 0 fully saturated rings. The van der Waals surface area contributed by atoms with Gasteiger partial charge in [0.15, 0.2) is 0 Å². The predicted molar refractivity (Wildman–Crippen MR) is 91.0 cm³/mol. The number of hydrogen-bond acceptors (Lipinski definition) is 7. The molecule has 0 aliphatic rings. The van der Waals surface area contributed by atoms with Gasteiger partial charge in [-0.1, -0.05) is 18.2 Å². The molecule has 0 aliphatic heterocycles. The molecular weight excluding hydrogens is 350 g/mol. The first kappa shape index (κ1) is 18.6. The van der Waals surface area contributed by atoms with Crippen LogP contribution in [0.25, 0.3) is 0 Å². The molecule has 1 N–H and O–H groups in total. The van der Waals surface area contributed by atoms with E-state index < -0.39 is 20.7 Å². The first-order chi connectivity index (χ1) is 11.9. The van der Waals surface area contributed by atoms with Crippen LogP contribution in [0, 0.1) is 10.1 Å². The van der Waals surface area contributed by atoms with Crippen molar-refractivity contribution in [2.24, 2.45) is 0 Å². The van der Waals surface area contributed by atoms with Gasteiger partial charge in [-0.05, 0) is 6.07 Å². The third-order valence-corrected chi connectivity index (χ3v) is 4.32. The number of nitro groups is 1. The van der Waals surface area contributed by atoms with Gasteiger partial charge in [0.1, 0.15) is 12.4 Å². The first-order valence-corrected chi connectivity index (χ1v) is 8.87. The fourth-order valence-corrected chi connectivity index (χ4v) is 3.19. The maximum absolute atomic E-state index is 12.2. The Morgan fingerprint density at radius 2 is 1.96 bits per heavy atom. The zero-order valence-corrected chi connectivity index (χ0v) is 14.2. The first-order valence-electron chi connectivity index (χ1n) is 7.22. The Hall–Kier alpha value is -2.72. The molecule has 1 heterocycles. The minimum Gasteiger partial charge on any atom is -0.475 e. The molecule has 1 aromatic heterocycles. The molecule has 9 nitrogen and oxygen atoms in total. The largest absolute Gasteiger partial charge is 0.475 e. The zero-order chi connectivity index (χ0) is 18.3. The van der Waals surface area contributed by atoms with E-state index in [1.54, 1.807) is 13.2 Å². The summed E-state index contributed by atoms with van der Waals surface area (Å²) in [6, 6.07) is 8.70. The highest BCUT2D eigenvalue weighted by molar-refractivity contribution is 7.91. The minimum absolute atomic E-state index is 0.104. The van der Waals surface area contributed by atoms with Crippen LogP contribution in [0.5, 0.6) is 5.88 Å². The third kappa shape index (κ3) is 5.69. The summed E-state index contributed by atoms with van der Waals surface area (Å²) in [5, 5.41) is 11.0. The third-order valence-electron chi connectivity index (χ3n) is 3.08. The Labute approximate surface area is 144 Å². The topological polar surface area (TPSA) is 121 Å². The highest BCUT2D eigenvalue weighted by Crippen LogP contribution is 2.21. The second-order valence-corrected chi connectivity index (χ2v) is 6.70. The van der Waals surface area contributed by atoms with Crippen LogP contribution in [0.4, 0.5) is 11.4 Å². The lowest BCUT2D eigenvalue weighted by molar-refractivity contribution is -0.385. The fourth-order valence-electron chi connectivity index (χ4n) is 1.99. The van der Waals surface area contributed by atoms with Crippen molar-refractivity contribution in [2.75, 3.05) is 25.0 Å². The number of methoxy groups -OCH3 is 1. The van der Waals surface area contributed by atoms with Crippen molar-refractivity contribution in [3.05, 3.63) is 58.3 Å². The summed E-state index contributed by atoms with van der Waals surface area (Å²) in [6.07, 6.45) is 1.30. The van der Waals surface area contributed by atoms with E-state index in [-0.39, 0.29) is 16.9 Å². The van der Waals surface area contributed by atoms with Crippen molar-refractivity contribution >= 4 is 21.4 Å². The van der Waals surface area contributed by atoms with E-state index >= 15 is 0 Å². The fraction of sp³-hybridized carbons (Fsp3) is 0.267. The average molecular weight is 367 g/mol. The molecule has 25 heavy (non-hydrogen) atoms. The second-order valence-electron chi connectivity index (χ2n) is 4.97. The molecule has 0 amide bonds. The number of ether oxygens (including phenoxy) is 2. The summed E-state index contributed by atoms with van der Waals surface area (Å²) in [6.45, 7) is 0.734. The van der Waals surface area contributed by atoms with Gasteiger partial charge in [0.2, 0.25) is 15.9 Å². The van der Waals surface area contributed by atoms with Gasteiger partial charge in [-0.15, -0.1) is 0 Å². The number of para-hydroxylation sites is 1. The smallest absolute Gasteiger partial charge is 0.273 e. The standard InChI is InChI=1S/C15H17N3O6S/c1-23-8-9-24-15-7-6-13(10-16-15)17-25(21,22)11-12-4-2-3-5-14(12)18(19)20/h2-7,10,17H,8-9,11H2,1H3. The highest BCUT2D eigenvalue weighted by atomic mass is 32.2. The number of hydrogen-bond donors (Lipinski definition) is 1. The van der Waals surface area contributed by atoms with E-state index in [2.05, 4.69) is 9.71 Å².